The van der Waals surface area contributed by atoms with Gasteiger partial charge >= 0.3 is 0 Å². The van der Waals surface area contributed by atoms with E-state index in [1.165, 1.54) is 0 Å². The van der Waals surface area contributed by atoms with Gasteiger partial charge in [0.25, 0.3) is 0 Å². The van der Waals surface area contributed by atoms with Crippen LogP contribution in [0.1, 0.15) is 36.5 Å². The van der Waals surface area contributed by atoms with Crippen molar-refractivity contribution in [2.75, 3.05) is 26.7 Å². The lowest BCUT2D eigenvalue weighted by molar-refractivity contribution is -0.121. The molecule has 0 saturated heterocycles. The lowest BCUT2D eigenvalue weighted by Crippen LogP contribution is -2.32. The summed E-state index contributed by atoms with van der Waals surface area (Å²) < 4.78 is 5.04. The molecule has 0 heterocycles. The number of carbonyl (C=O) groups is 2. The summed E-state index contributed by atoms with van der Waals surface area (Å²) in [5, 5.41) is 5.99. The van der Waals surface area contributed by atoms with Crippen LogP contribution in [-0.4, -0.2) is 38.4 Å². The van der Waals surface area contributed by atoms with Gasteiger partial charge in [-0.15, -0.1) is 0 Å². The number of benzene rings is 1. The summed E-state index contributed by atoms with van der Waals surface area (Å²) in [5.41, 5.74) is 0.605. The van der Waals surface area contributed by atoms with Crippen LogP contribution < -0.4 is 15.4 Å². The lowest BCUT2D eigenvalue weighted by atomic mass is 10.1. The molecular formula is C16H24N2O3. The maximum absolute atomic E-state index is 11.9. The van der Waals surface area contributed by atoms with Gasteiger partial charge in [-0.3, -0.25) is 9.59 Å². The molecule has 0 unspecified atom stereocenters. The van der Waals surface area contributed by atoms with E-state index in [4.69, 9.17) is 4.74 Å². The molecule has 0 aliphatic rings. The Balaban J connectivity index is 2.23. The fourth-order valence-electron chi connectivity index (χ4n) is 1.83. The Bertz CT molecular complexity index is 443. The summed E-state index contributed by atoms with van der Waals surface area (Å²) in [6, 6.07) is 6.92. The van der Waals surface area contributed by atoms with Crippen LogP contribution in [0, 0.1) is 0 Å². The van der Waals surface area contributed by atoms with Crippen LogP contribution in [0.15, 0.2) is 24.3 Å². The van der Waals surface area contributed by atoms with Crippen molar-refractivity contribution < 1.29 is 14.3 Å². The summed E-state index contributed by atoms with van der Waals surface area (Å²) in [6.07, 6.45) is 1.52. The van der Waals surface area contributed by atoms with Gasteiger partial charge in [-0.2, -0.15) is 0 Å². The Labute approximate surface area is 126 Å². The second-order valence-corrected chi connectivity index (χ2v) is 4.75. The van der Waals surface area contributed by atoms with Crippen LogP contribution in [0.3, 0.4) is 0 Å². The molecule has 0 aromatic heterocycles. The normalized spacial score (nSPS) is 10.2. The fraction of sp³-hybridized carbons (Fsp3) is 0.500. The van der Waals surface area contributed by atoms with Crippen LogP contribution in [-0.2, 0) is 4.79 Å². The monoisotopic (exact) mass is 292 g/mol. The molecule has 1 aromatic carbocycles. The molecule has 0 saturated carbocycles. The van der Waals surface area contributed by atoms with E-state index in [9.17, 15) is 9.59 Å². The number of hydrogen-bond acceptors (Lipinski definition) is 4. The summed E-state index contributed by atoms with van der Waals surface area (Å²) in [5.74, 6) is 0.593. The van der Waals surface area contributed by atoms with Gasteiger partial charge in [-0.25, -0.2) is 0 Å². The molecule has 0 fully saturated rings. The van der Waals surface area contributed by atoms with Crippen LogP contribution in [0.5, 0.6) is 5.75 Å². The molecule has 0 bridgehead atoms. The number of ether oxygens (including phenoxy) is 1. The number of amides is 1. The van der Waals surface area contributed by atoms with Crippen molar-refractivity contribution in [2.45, 2.75) is 26.2 Å². The second-order valence-electron chi connectivity index (χ2n) is 4.75. The third kappa shape index (κ3) is 6.90. The van der Waals surface area contributed by atoms with Crippen molar-refractivity contribution in [3.05, 3.63) is 29.8 Å². The molecule has 0 aliphatic carbocycles. The zero-order valence-corrected chi connectivity index (χ0v) is 12.8. The molecule has 0 aliphatic heterocycles. The highest BCUT2D eigenvalue weighted by molar-refractivity contribution is 5.98. The van der Waals surface area contributed by atoms with E-state index in [-0.39, 0.29) is 24.5 Å². The van der Waals surface area contributed by atoms with Crippen molar-refractivity contribution in [1.82, 2.24) is 10.6 Å². The first-order valence-corrected chi connectivity index (χ1v) is 7.32. The van der Waals surface area contributed by atoms with E-state index in [0.29, 0.717) is 17.9 Å². The highest BCUT2D eigenvalue weighted by Crippen LogP contribution is 2.13. The Hall–Kier alpha value is -1.88. The number of nitrogens with one attached hydrogen (secondary N) is 2. The van der Waals surface area contributed by atoms with Gasteiger partial charge in [0.1, 0.15) is 5.75 Å². The van der Waals surface area contributed by atoms with Gasteiger partial charge in [-0.1, -0.05) is 6.92 Å². The highest BCUT2D eigenvalue weighted by Gasteiger charge is 2.09. The smallest absolute Gasteiger partial charge is 0.220 e. The molecule has 21 heavy (non-hydrogen) atoms. The minimum Gasteiger partial charge on any atom is -0.497 e. The van der Waals surface area contributed by atoms with Crippen LogP contribution in [0.2, 0.25) is 0 Å². The van der Waals surface area contributed by atoms with Crippen molar-refractivity contribution in [1.29, 1.82) is 0 Å². The van der Waals surface area contributed by atoms with Crippen LogP contribution >= 0.6 is 0 Å². The van der Waals surface area contributed by atoms with Gasteiger partial charge in [-0.05, 0) is 37.2 Å². The summed E-state index contributed by atoms with van der Waals surface area (Å²) in [6.45, 7) is 4.39. The number of hydrogen-bond donors (Lipinski definition) is 2. The molecule has 5 nitrogen and oxygen atoms in total. The molecule has 1 aromatic rings. The molecule has 5 heteroatoms. The average molecular weight is 292 g/mol. The van der Waals surface area contributed by atoms with E-state index < -0.39 is 0 Å². The topological polar surface area (TPSA) is 67.4 Å². The van der Waals surface area contributed by atoms with Gasteiger partial charge in [0.2, 0.25) is 5.91 Å². The van der Waals surface area contributed by atoms with Crippen molar-refractivity contribution in [3.63, 3.8) is 0 Å². The van der Waals surface area contributed by atoms with Crippen molar-refractivity contribution in [3.8, 4) is 5.75 Å². The van der Waals surface area contributed by atoms with E-state index in [2.05, 4.69) is 17.6 Å². The Morgan fingerprint density at radius 1 is 1.05 bits per heavy atom. The Kier molecular flexibility index (Phi) is 8.12. The largest absolute Gasteiger partial charge is 0.497 e. The Morgan fingerprint density at radius 2 is 1.76 bits per heavy atom. The summed E-state index contributed by atoms with van der Waals surface area (Å²) in [7, 11) is 1.58. The first-order valence-electron chi connectivity index (χ1n) is 7.32. The van der Waals surface area contributed by atoms with E-state index in [1.807, 2.05) is 0 Å². The van der Waals surface area contributed by atoms with E-state index in [0.717, 1.165) is 19.5 Å². The summed E-state index contributed by atoms with van der Waals surface area (Å²) >= 11 is 0. The molecule has 1 amide bonds. The van der Waals surface area contributed by atoms with Crippen molar-refractivity contribution in [2.24, 2.45) is 0 Å². The number of Topliss-reactive ketones (excluding diaryl/α,β-unsaturated/α-hetero) is 1. The molecule has 1 rings (SSSR count). The molecule has 0 radical (unpaired) electrons. The summed E-state index contributed by atoms with van der Waals surface area (Å²) in [4.78, 5) is 23.5. The molecule has 2 N–H and O–H groups in total. The zero-order valence-electron chi connectivity index (χ0n) is 12.8. The number of methoxy groups -OCH3 is 1. The minimum atomic E-state index is -0.0878. The minimum absolute atomic E-state index is 0.0306. The van der Waals surface area contributed by atoms with Crippen LogP contribution in [0.4, 0.5) is 0 Å². The predicted octanol–water partition coefficient (Wildman–Crippen LogP) is 1.77. The first kappa shape index (κ1) is 17.2. The van der Waals surface area contributed by atoms with Crippen molar-refractivity contribution >= 4 is 11.7 Å². The van der Waals surface area contributed by atoms with Crippen LogP contribution in [0.25, 0.3) is 0 Å². The molecule has 116 valence electrons. The maximum atomic E-state index is 11.9. The van der Waals surface area contributed by atoms with E-state index in [1.54, 1.807) is 31.4 Å². The van der Waals surface area contributed by atoms with E-state index >= 15 is 0 Å². The quantitative estimate of drug-likeness (QED) is 0.509. The highest BCUT2D eigenvalue weighted by atomic mass is 16.5. The number of carbonyl (C=O) groups excluding carboxylic acids is 2. The predicted molar refractivity (Wildman–Crippen MR) is 82.7 cm³/mol. The lowest BCUT2D eigenvalue weighted by Gasteiger charge is -2.06. The molecular weight excluding hydrogens is 268 g/mol. The second kappa shape index (κ2) is 9.94. The average Bonchev–Trinajstić information content (AvgIpc) is 2.52. The third-order valence-electron chi connectivity index (χ3n) is 3.04. The Morgan fingerprint density at radius 3 is 2.38 bits per heavy atom. The number of rotatable bonds is 10. The first-order chi connectivity index (χ1) is 10.2. The fourth-order valence-corrected chi connectivity index (χ4v) is 1.83. The van der Waals surface area contributed by atoms with Gasteiger partial charge in [0.15, 0.2) is 5.78 Å². The van der Waals surface area contributed by atoms with Gasteiger partial charge in [0, 0.05) is 31.5 Å². The van der Waals surface area contributed by atoms with Gasteiger partial charge < -0.3 is 15.4 Å². The molecule has 0 atom stereocenters. The van der Waals surface area contributed by atoms with Gasteiger partial charge in [0.05, 0.1) is 7.11 Å². The standard InChI is InChI=1S/C16H24N2O3/c1-3-10-17-11-12-18-16(20)9-8-15(19)13-4-6-14(21-2)7-5-13/h4-7,17H,3,8-12H2,1-2H3,(H,18,20). The number of ketones is 1. The SMILES string of the molecule is CCCNCCNC(=O)CCC(=O)c1ccc(OC)cc1. The zero-order chi connectivity index (χ0) is 15.5. The molecule has 0 spiro atoms. The maximum Gasteiger partial charge on any atom is 0.220 e. The third-order valence-corrected chi connectivity index (χ3v) is 3.04.